The number of amides is 2. The van der Waals surface area contributed by atoms with E-state index in [0.717, 1.165) is 38.6 Å². The molecule has 0 aromatic carbocycles. The van der Waals surface area contributed by atoms with Crippen LogP contribution in [0.5, 0.6) is 0 Å². The molecule has 2 heterocycles. The standard InChI is InChI=1S/C27H46N2O3/c1-7-18-29-25(3,4)21-27(22-26(29,5)6)24(31)28(23(30)8-2)19-16-14-12-10-9-11-13-15-17-20-32-27/h7-8H,1-2,9-22H2,3-6H3. The molecule has 182 valence electrons. The summed E-state index contributed by atoms with van der Waals surface area (Å²) in [7, 11) is 0. The van der Waals surface area contributed by atoms with E-state index in [9.17, 15) is 9.59 Å². The first-order valence-electron chi connectivity index (χ1n) is 12.6. The second-order valence-electron chi connectivity index (χ2n) is 10.9. The van der Waals surface area contributed by atoms with Gasteiger partial charge in [-0.15, -0.1) is 6.58 Å². The summed E-state index contributed by atoms with van der Waals surface area (Å²) in [4.78, 5) is 30.7. The molecule has 0 radical (unpaired) electrons. The van der Waals surface area contributed by atoms with E-state index in [-0.39, 0.29) is 22.9 Å². The monoisotopic (exact) mass is 446 g/mol. The number of piperidine rings is 1. The number of hydrogen-bond donors (Lipinski definition) is 0. The van der Waals surface area contributed by atoms with Gasteiger partial charge in [0.2, 0.25) is 0 Å². The first-order chi connectivity index (χ1) is 15.1. The van der Waals surface area contributed by atoms with E-state index in [2.05, 4.69) is 45.8 Å². The lowest BCUT2D eigenvalue weighted by atomic mass is 9.70. The van der Waals surface area contributed by atoms with Crippen LogP contribution in [0, 0.1) is 0 Å². The molecule has 0 N–H and O–H groups in total. The van der Waals surface area contributed by atoms with E-state index in [1.54, 1.807) is 0 Å². The van der Waals surface area contributed by atoms with Crippen LogP contribution in [-0.4, -0.2) is 58.0 Å². The Hall–Kier alpha value is -1.46. The van der Waals surface area contributed by atoms with Crippen LogP contribution in [-0.2, 0) is 14.3 Å². The van der Waals surface area contributed by atoms with Gasteiger partial charge in [-0.1, -0.05) is 57.6 Å². The molecule has 2 amide bonds. The molecule has 0 aliphatic carbocycles. The van der Waals surface area contributed by atoms with E-state index < -0.39 is 5.60 Å². The van der Waals surface area contributed by atoms with Crippen molar-refractivity contribution in [3.63, 3.8) is 0 Å². The zero-order chi connectivity index (χ0) is 23.8. The predicted molar refractivity (Wildman–Crippen MR) is 131 cm³/mol. The van der Waals surface area contributed by atoms with Crippen molar-refractivity contribution in [2.75, 3.05) is 19.7 Å². The van der Waals surface area contributed by atoms with E-state index >= 15 is 0 Å². The van der Waals surface area contributed by atoms with Gasteiger partial charge in [-0.25, -0.2) is 0 Å². The van der Waals surface area contributed by atoms with Gasteiger partial charge in [0.05, 0.1) is 0 Å². The normalized spacial score (nSPS) is 25.5. The van der Waals surface area contributed by atoms with Gasteiger partial charge in [0.25, 0.3) is 11.8 Å². The Morgan fingerprint density at radius 2 is 1.41 bits per heavy atom. The first kappa shape index (κ1) is 26.8. The summed E-state index contributed by atoms with van der Waals surface area (Å²) in [6, 6.07) is 0. The van der Waals surface area contributed by atoms with Crippen LogP contribution in [0.25, 0.3) is 0 Å². The molecule has 0 saturated carbocycles. The SMILES string of the molecule is C=CCN1C(C)(C)CC2(CC1(C)C)OCCCCCCCCCCCN(C(=O)C=C)C2=O. The minimum absolute atomic E-state index is 0.184. The highest BCUT2D eigenvalue weighted by Gasteiger charge is 2.57. The summed E-state index contributed by atoms with van der Waals surface area (Å²) in [5.74, 6) is -0.497. The molecule has 5 nitrogen and oxygen atoms in total. The zero-order valence-corrected chi connectivity index (χ0v) is 21.1. The number of imide groups is 1. The molecule has 5 heteroatoms. The fourth-order valence-electron chi connectivity index (χ4n) is 5.95. The average molecular weight is 447 g/mol. The number of nitrogens with zero attached hydrogens (tertiary/aromatic N) is 2. The molecule has 32 heavy (non-hydrogen) atoms. The van der Waals surface area contributed by atoms with Crippen molar-refractivity contribution in [1.29, 1.82) is 0 Å². The highest BCUT2D eigenvalue weighted by molar-refractivity contribution is 6.04. The second-order valence-corrected chi connectivity index (χ2v) is 10.9. The van der Waals surface area contributed by atoms with Crippen molar-refractivity contribution >= 4 is 11.8 Å². The number of ether oxygens (including phenoxy) is 1. The van der Waals surface area contributed by atoms with Crippen molar-refractivity contribution in [2.24, 2.45) is 0 Å². The molecule has 0 bridgehead atoms. The van der Waals surface area contributed by atoms with Gasteiger partial charge >= 0.3 is 0 Å². The third-order valence-electron chi connectivity index (χ3n) is 7.19. The Balaban J connectivity index is 2.42. The van der Waals surface area contributed by atoms with Gasteiger partial charge in [-0.05, 0) is 46.6 Å². The average Bonchev–Trinajstić information content (AvgIpc) is 2.72. The summed E-state index contributed by atoms with van der Waals surface area (Å²) in [6.45, 7) is 18.0. The van der Waals surface area contributed by atoms with Crippen LogP contribution in [0.3, 0.4) is 0 Å². The van der Waals surface area contributed by atoms with E-state index in [4.69, 9.17) is 4.74 Å². The minimum atomic E-state index is -1.01. The first-order valence-corrected chi connectivity index (χ1v) is 12.6. The van der Waals surface area contributed by atoms with Crippen LogP contribution < -0.4 is 0 Å². The molecule has 2 fully saturated rings. The second kappa shape index (κ2) is 11.6. The van der Waals surface area contributed by atoms with Gasteiger partial charge in [0.15, 0.2) is 5.60 Å². The maximum atomic E-state index is 14.1. The van der Waals surface area contributed by atoms with Crippen LogP contribution >= 0.6 is 0 Å². The number of likely N-dealkylation sites (tertiary alicyclic amines) is 1. The molecule has 2 rings (SSSR count). The van der Waals surface area contributed by atoms with Crippen molar-refractivity contribution in [2.45, 2.75) is 115 Å². The van der Waals surface area contributed by atoms with Crippen LogP contribution in [0.4, 0.5) is 0 Å². The number of carbonyl (C=O) groups excluding carboxylic acids is 2. The number of rotatable bonds is 3. The van der Waals surface area contributed by atoms with Crippen LogP contribution in [0.15, 0.2) is 25.3 Å². The molecule has 1 spiro atoms. The Morgan fingerprint density at radius 3 is 1.91 bits per heavy atom. The Morgan fingerprint density at radius 1 is 0.906 bits per heavy atom. The molecule has 0 aromatic heterocycles. The molecule has 2 saturated heterocycles. The molecule has 0 unspecified atom stereocenters. The molecular formula is C27H46N2O3. The summed E-state index contributed by atoms with van der Waals surface area (Å²) in [6.07, 6.45) is 14.4. The van der Waals surface area contributed by atoms with Crippen molar-refractivity contribution in [3.8, 4) is 0 Å². The number of hydrogen-bond acceptors (Lipinski definition) is 4. The maximum absolute atomic E-state index is 14.1. The van der Waals surface area contributed by atoms with Crippen LogP contribution in [0.2, 0.25) is 0 Å². The van der Waals surface area contributed by atoms with Crippen molar-refractivity contribution in [3.05, 3.63) is 25.3 Å². The maximum Gasteiger partial charge on any atom is 0.261 e. The van der Waals surface area contributed by atoms with Gasteiger partial charge in [-0.3, -0.25) is 19.4 Å². The summed E-state index contributed by atoms with van der Waals surface area (Å²) < 4.78 is 6.55. The van der Waals surface area contributed by atoms with Crippen molar-refractivity contribution in [1.82, 2.24) is 9.80 Å². The van der Waals surface area contributed by atoms with Gasteiger partial charge < -0.3 is 4.74 Å². The topological polar surface area (TPSA) is 49.9 Å². The smallest absolute Gasteiger partial charge is 0.261 e. The quantitative estimate of drug-likeness (QED) is 0.415. The molecular weight excluding hydrogens is 400 g/mol. The molecule has 0 atom stereocenters. The Labute approximate surface area is 196 Å². The van der Waals surface area contributed by atoms with E-state index in [1.165, 1.54) is 36.7 Å². The minimum Gasteiger partial charge on any atom is -0.365 e. The predicted octanol–water partition coefficient (Wildman–Crippen LogP) is 5.65. The number of carbonyl (C=O) groups is 2. The van der Waals surface area contributed by atoms with Gasteiger partial charge in [0, 0.05) is 43.6 Å². The zero-order valence-electron chi connectivity index (χ0n) is 21.1. The van der Waals surface area contributed by atoms with Gasteiger partial charge in [0.1, 0.15) is 0 Å². The Kier molecular flexibility index (Phi) is 9.71. The molecule has 2 aliphatic rings. The highest BCUT2D eigenvalue weighted by Crippen LogP contribution is 2.46. The fraction of sp³-hybridized carbons (Fsp3) is 0.778. The Bertz CT molecular complexity index is 650. The van der Waals surface area contributed by atoms with E-state index in [0.29, 0.717) is 26.0 Å². The lowest BCUT2D eigenvalue weighted by Gasteiger charge is -2.58. The van der Waals surface area contributed by atoms with E-state index in [1.807, 2.05) is 6.08 Å². The molecule has 0 aromatic rings. The third-order valence-corrected chi connectivity index (χ3v) is 7.19. The summed E-state index contributed by atoms with van der Waals surface area (Å²) in [5, 5.41) is 0. The highest BCUT2D eigenvalue weighted by atomic mass is 16.5. The third kappa shape index (κ3) is 6.54. The van der Waals surface area contributed by atoms with Gasteiger partial charge in [-0.2, -0.15) is 0 Å². The largest absolute Gasteiger partial charge is 0.365 e. The lowest BCUT2D eigenvalue weighted by Crippen LogP contribution is -2.69. The van der Waals surface area contributed by atoms with Crippen LogP contribution in [0.1, 0.15) is 98.3 Å². The summed E-state index contributed by atoms with van der Waals surface area (Å²) in [5.41, 5.74) is -1.57. The fourth-order valence-corrected chi connectivity index (χ4v) is 5.95. The molecule has 2 aliphatic heterocycles. The van der Waals surface area contributed by atoms with Crippen molar-refractivity contribution < 1.29 is 14.3 Å². The summed E-state index contributed by atoms with van der Waals surface area (Å²) >= 11 is 0. The lowest BCUT2D eigenvalue weighted by molar-refractivity contribution is -0.190.